The van der Waals surface area contributed by atoms with Crippen molar-refractivity contribution in [2.24, 2.45) is 10.1 Å². The molecule has 94 valence electrons. The summed E-state index contributed by atoms with van der Waals surface area (Å²) >= 11 is 0. The van der Waals surface area contributed by atoms with Crippen LogP contribution in [0.15, 0.2) is 40.5 Å². The van der Waals surface area contributed by atoms with Gasteiger partial charge in [-0.1, -0.05) is 35.5 Å². The Morgan fingerprint density at radius 1 is 1.28 bits per heavy atom. The number of nitrogens with zero attached hydrogens (tertiary/aromatic N) is 2. The highest BCUT2D eigenvalue weighted by Gasteiger charge is 2.21. The molecule has 0 atom stereocenters. The molecule has 0 aliphatic carbocycles. The average molecular weight is 245 g/mol. The maximum absolute atomic E-state index is 12.2. The van der Waals surface area contributed by atoms with E-state index in [2.05, 4.69) is 15.5 Å². The van der Waals surface area contributed by atoms with Crippen LogP contribution in [-0.4, -0.2) is 35.6 Å². The molecule has 0 aromatic heterocycles. The second-order valence-electron chi connectivity index (χ2n) is 4.01. The first-order valence-corrected chi connectivity index (χ1v) is 5.93. The Kier molecular flexibility index (Phi) is 4.06. The number of nitrogens with one attached hydrogen (secondary N) is 1. The lowest BCUT2D eigenvalue weighted by Gasteiger charge is -2.07. The van der Waals surface area contributed by atoms with Crippen molar-refractivity contribution in [2.45, 2.75) is 12.8 Å². The molecule has 18 heavy (non-hydrogen) atoms. The Bertz CT molecular complexity index is 480. The highest BCUT2D eigenvalue weighted by Crippen LogP contribution is 2.04. The molecule has 5 nitrogen and oxygen atoms in total. The monoisotopic (exact) mass is 245 g/mol. The molecule has 0 bridgehead atoms. The molecular weight excluding hydrogens is 230 g/mol. The van der Waals surface area contributed by atoms with Crippen molar-refractivity contribution in [1.29, 1.82) is 0 Å². The lowest BCUT2D eigenvalue weighted by atomic mass is 10.1. The summed E-state index contributed by atoms with van der Waals surface area (Å²) in [4.78, 5) is 16.4. The molecule has 0 radical (unpaired) electrons. The number of oxime groups is 1. The molecule has 0 saturated heterocycles. The largest absolute Gasteiger partial charge is 0.410 e. The topological polar surface area (TPSA) is 74.0 Å². The zero-order valence-electron chi connectivity index (χ0n) is 9.97. The number of aliphatic imine (C=N–C) groups is 1. The smallest absolute Gasteiger partial charge is 0.218 e. The van der Waals surface area contributed by atoms with Gasteiger partial charge < -0.3 is 10.5 Å². The predicted octanol–water partition coefficient (Wildman–Crippen LogP) is 1.48. The van der Waals surface area contributed by atoms with E-state index in [-0.39, 0.29) is 11.5 Å². The van der Waals surface area contributed by atoms with E-state index in [9.17, 15) is 4.79 Å². The number of amidine groups is 1. The van der Waals surface area contributed by atoms with Gasteiger partial charge >= 0.3 is 0 Å². The predicted molar refractivity (Wildman–Crippen MR) is 69.5 cm³/mol. The molecule has 0 amide bonds. The zero-order chi connectivity index (χ0) is 12.8. The summed E-state index contributed by atoms with van der Waals surface area (Å²) in [6.45, 7) is 1.38. The van der Waals surface area contributed by atoms with Gasteiger partial charge in [0.1, 0.15) is 0 Å². The standard InChI is InChI=1S/C13H15N3O2/c17-12(10-6-2-1-3-7-10)11(16-18)13-14-8-4-5-9-15-13/h1-3,6-7,18H,4-5,8-9H2,(H,14,15)/b16-11-. The second-order valence-corrected chi connectivity index (χ2v) is 4.01. The molecular formula is C13H15N3O2. The summed E-state index contributed by atoms with van der Waals surface area (Å²) in [5, 5.41) is 15.2. The van der Waals surface area contributed by atoms with Crippen molar-refractivity contribution in [3.8, 4) is 0 Å². The molecule has 0 unspecified atom stereocenters. The SMILES string of the molecule is O=C(/C(=N/O)C1=NCCCCN1)c1ccccc1. The number of benzene rings is 1. The third kappa shape index (κ3) is 2.74. The lowest BCUT2D eigenvalue weighted by molar-refractivity contribution is 0.106. The highest BCUT2D eigenvalue weighted by molar-refractivity contribution is 6.69. The van der Waals surface area contributed by atoms with E-state index in [1.807, 2.05) is 6.07 Å². The first-order valence-electron chi connectivity index (χ1n) is 5.93. The van der Waals surface area contributed by atoms with Crippen LogP contribution in [0.4, 0.5) is 0 Å². The molecule has 1 heterocycles. The van der Waals surface area contributed by atoms with Crippen molar-refractivity contribution in [2.75, 3.05) is 13.1 Å². The number of rotatable bonds is 3. The van der Waals surface area contributed by atoms with Gasteiger partial charge in [-0.05, 0) is 12.8 Å². The molecule has 2 rings (SSSR count). The minimum Gasteiger partial charge on any atom is -0.410 e. The molecule has 5 heteroatoms. The molecule has 1 aromatic rings. The number of ketones is 1. The normalized spacial score (nSPS) is 16.4. The molecule has 0 fully saturated rings. The summed E-state index contributed by atoms with van der Waals surface area (Å²) in [7, 11) is 0. The Hall–Kier alpha value is -2.17. The molecule has 0 spiro atoms. The Morgan fingerprint density at radius 2 is 2.06 bits per heavy atom. The summed E-state index contributed by atoms with van der Waals surface area (Å²) in [5.41, 5.74) is 0.460. The first-order chi connectivity index (χ1) is 8.83. The van der Waals surface area contributed by atoms with Crippen LogP contribution in [0.25, 0.3) is 0 Å². The molecule has 0 saturated carbocycles. The van der Waals surface area contributed by atoms with E-state index >= 15 is 0 Å². The minimum absolute atomic E-state index is 0.0249. The quantitative estimate of drug-likeness (QED) is 0.366. The van der Waals surface area contributed by atoms with Gasteiger partial charge in [0, 0.05) is 18.7 Å². The second kappa shape index (κ2) is 5.95. The first kappa shape index (κ1) is 12.3. The number of carbonyl (C=O) groups is 1. The van der Waals surface area contributed by atoms with E-state index in [1.165, 1.54) is 0 Å². The van der Waals surface area contributed by atoms with Crippen molar-refractivity contribution in [3.05, 3.63) is 35.9 Å². The fourth-order valence-corrected chi connectivity index (χ4v) is 1.78. The van der Waals surface area contributed by atoms with Crippen LogP contribution in [0.5, 0.6) is 0 Å². The maximum Gasteiger partial charge on any atom is 0.218 e. The zero-order valence-corrected chi connectivity index (χ0v) is 9.97. The average Bonchev–Trinajstić information content (AvgIpc) is 2.70. The minimum atomic E-state index is -0.328. The molecule has 2 N–H and O–H groups in total. The Balaban J connectivity index is 2.24. The summed E-state index contributed by atoms with van der Waals surface area (Å²) < 4.78 is 0. The maximum atomic E-state index is 12.2. The Labute approximate surface area is 105 Å². The highest BCUT2D eigenvalue weighted by atomic mass is 16.4. The van der Waals surface area contributed by atoms with E-state index in [4.69, 9.17) is 5.21 Å². The third-order valence-corrected chi connectivity index (χ3v) is 2.72. The van der Waals surface area contributed by atoms with Crippen molar-refractivity contribution in [1.82, 2.24) is 5.32 Å². The van der Waals surface area contributed by atoms with Crippen LogP contribution in [-0.2, 0) is 0 Å². The lowest BCUT2D eigenvalue weighted by Crippen LogP contribution is -2.36. The summed E-state index contributed by atoms with van der Waals surface area (Å²) in [6, 6.07) is 8.73. The number of Topliss-reactive ketones (excluding diaryl/α,β-unsaturated/α-hetero) is 1. The van der Waals surface area contributed by atoms with Gasteiger partial charge in [0.15, 0.2) is 11.5 Å². The van der Waals surface area contributed by atoms with Crippen molar-refractivity contribution in [3.63, 3.8) is 0 Å². The summed E-state index contributed by atoms with van der Waals surface area (Å²) in [5.74, 6) is 0.0510. The molecule has 1 aliphatic rings. The van der Waals surface area contributed by atoms with E-state index in [0.717, 1.165) is 19.4 Å². The van der Waals surface area contributed by atoms with Crippen molar-refractivity contribution < 1.29 is 10.0 Å². The number of hydrogen-bond acceptors (Lipinski definition) is 5. The van der Waals surface area contributed by atoms with Crippen molar-refractivity contribution >= 4 is 17.3 Å². The Morgan fingerprint density at radius 3 is 2.78 bits per heavy atom. The molecule has 1 aliphatic heterocycles. The van der Waals surface area contributed by atoms with Gasteiger partial charge in [-0.25, -0.2) is 0 Å². The van der Waals surface area contributed by atoms with Crippen LogP contribution in [0.3, 0.4) is 0 Å². The van der Waals surface area contributed by atoms with E-state index in [1.54, 1.807) is 24.3 Å². The van der Waals surface area contributed by atoms with Gasteiger partial charge in [0.05, 0.1) is 0 Å². The van der Waals surface area contributed by atoms with E-state index < -0.39 is 0 Å². The van der Waals surface area contributed by atoms with Crippen LogP contribution in [0, 0.1) is 0 Å². The third-order valence-electron chi connectivity index (χ3n) is 2.72. The number of hydrogen-bond donors (Lipinski definition) is 2. The van der Waals surface area contributed by atoms with Gasteiger partial charge in [-0.2, -0.15) is 0 Å². The van der Waals surface area contributed by atoms with Crippen LogP contribution >= 0.6 is 0 Å². The van der Waals surface area contributed by atoms with Gasteiger partial charge in [-0.3, -0.25) is 9.79 Å². The molecule has 1 aromatic carbocycles. The van der Waals surface area contributed by atoms with Gasteiger partial charge in [0.25, 0.3) is 0 Å². The van der Waals surface area contributed by atoms with Crippen LogP contribution in [0.1, 0.15) is 23.2 Å². The summed E-state index contributed by atoms with van der Waals surface area (Å²) in [6.07, 6.45) is 1.96. The fraction of sp³-hybridized carbons (Fsp3) is 0.308. The van der Waals surface area contributed by atoms with Gasteiger partial charge in [0.2, 0.25) is 5.78 Å². The van der Waals surface area contributed by atoms with Crippen LogP contribution in [0.2, 0.25) is 0 Å². The number of carbonyl (C=O) groups excluding carboxylic acids is 1. The fourth-order valence-electron chi connectivity index (χ4n) is 1.78. The van der Waals surface area contributed by atoms with Crippen LogP contribution < -0.4 is 5.32 Å². The van der Waals surface area contributed by atoms with Gasteiger partial charge in [-0.15, -0.1) is 0 Å². The van der Waals surface area contributed by atoms with E-state index in [0.29, 0.717) is 17.9 Å².